The third-order valence-electron chi connectivity index (χ3n) is 4.45. The standard InChI is InChI=1S/C19H27N3O3/c1-3-9-20-18(24)15-7-10-22(11-8-15)17(23)13-21-19(25)16-6-4-5-14(2)12-16/h4-6,12,15H,3,7-11,13H2,1-2H3,(H,20,24)(H,21,25). The van der Waals surface area contributed by atoms with E-state index in [4.69, 9.17) is 0 Å². The molecule has 0 unspecified atom stereocenters. The number of carbonyl (C=O) groups is 3. The molecular weight excluding hydrogens is 318 g/mol. The first-order valence-corrected chi connectivity index (χ1v) is 8.91. The van der Waals surface area contributed by atoms with Gasteiger partial charge in [-0.1, -0.05) is 24.6 Å². The normalized spacial score (nSPS) is 14.9. The molecule has 1 aliphatic heterocycles. The van der Waals surface area contributed by atoms with Crippen molar-refractivity contribution in [3.05, 3.63) is 35.4 Å². The molecule has 2 rings (SSSR count). The van der Waals surface area contributed by atoms with Crippen LogP contribution in [0.3, 0.4) is 0 Å². The minimum absolute atomic E-state index is 0.0144. The summed E-state index contributed by atoms with van der Waals surface area (Å²) in [5, 5.41) is 5.59. The Labute approximate surface area is 149 Å². The number of hydrogen-bond donors (Lipinski definition) is 2. The average Bonchev–Trinajstić information content (AvgIpc) is 2.64. The summed E-state index contributed by atoms with van der Waals surface area (Å²) < 4.78 is 0. The van der Waals surface area contributed by atoms with Gasteiger partial charge in [-0.15, -0.1) is 0 Å². The predicted molar refractivity (Wildman–Crippen MR) is 96.1 cm³/mol. The van der Waals surface area contributed by atoms with E-state index < -0.39 is 0 Å². The molecular formula is C19H27N3O3. The maximum Gasteiger partial charge on any atom is 0.251 e. The number of nitrogens with zero attached hydrogens (tertiary/aromatic N) is 1. The molecule has 1 aliphatic rings. The van der Waals surface area contributed by atoms with Crippen molar-refractivity contribution in [2.75, 3.05) is 26.2 Å². The molecule has 2 N–H and O–H groups in total. The Morgan fingerprint density at radius 3 is 2.52 bits per heavy atom. The molecule has 1 fully saturated rings. The van der Waals surface area contributed by atoms with Crippen LogP contribution in [0.1, 0.15) is 42.1 Å². The van der Waals surface area contributed by atoms with Gasteiger partial charge in [0.2, 0.25) is 11.8 Å². The van der Waals surface area contributed by atoms with Gasteiger partial charge in [-0.3, -0.25) is 14.4 Å². The summed E-state index contributed by atoms with van der Waals surface area (Å²) in [5.41, 5.74) is 1.56. The maximum absolute atomic E-state index is 12.3. The molecule has 0 atom stereocenters. The van der Waals surface area contributed by atoms with Crippen molar-refractivity contribution in [2.45, 2.75) is 33.1 Å². The minimum atomic E-state index is -0.245. The Bertz CT molecular complexity index is 622. The van der Waals surface area contributed by atoms with Gasteiger partial charge in [-0.2, -0.15) is 0 Å². The fourth-order valence-electron chi connectivity index (χ4n) is 2.94. The molecule has 1 heterocycles. The van der Waals surface area contributed by atoms with Gasteiger partial charge in [-0.25, -0.2) is 0 Å². The van der Waals surface area contributed by atoms with E-state index >= 15 is 0 Å². The number of benzene rings is 1. The van der Waals surface area contributed by atoms with Crippen molar-refractivity contribution < 1.29 is 14.4 Å². The average molecular weight is 345 g/mol. The van der Waals surface area contributed by atoms with Crippen LogP contribution in [-0.4, -0.2) is 48.8 Å². The second kappa shape index (κ2) is 9.20. The van der Waals surface area contributed by atoms with Crippen molar-refractivity contribution in [3.63, 3.8) is 0 Å². The first kappa shape index (κ1) is 19.0. The molecule has 0 spiro atoms. The zero-order chi connectivity index (χ0) is 18.2. The molecule has 1 aromatic rings. The largest absolute Gasteiger partial charge is 0.356 e. The maximum atomic E-state index is 12.3. The van der Waals surface area contributed by atoms with E-state index in [0.717, 1.165) is 12.0 Å². The smallest absolute Gasteiger partial charge is 0.251 e. The van der Waals surface area contributed by atoms with Crippen molar-refractivity contribution >= 4 is 17.7 Å². The molecule has 6 nitrogen and oxygen atoms in total. The van der Waals surface area contributed by atoms with Gasteiger partial charge in [0.25, 0.3) is 5.91 Å². The molecule has 0 bridgehead atoms. The van der Waals surface area contributed by atoms with E-state index in [-0.39, 0.29) is 30.2 Å². The molecule has 136 valence electrons. The fourth-order valence-corrected chi connectivity index (χ4v) is 2.94. The van der Waals surface area contributed by atoms with E-state index in [1.165, 1.54) is 0 Å². The zero-order valence-corrected chi connectivity index (χ0v) is 15.0. The Hall–Kier alpha value is -2.37. The SMILES string of the molecule is CCCNC(=O)C1CCN(C(=O)CNC(=O)c2cccc(C)c2)CC1. The second-order valence-corrected chi connectivity index (χ2v) is 6.50. The first-order valence-electron chi connectivity index (χ1n) is 8.91. The van der Waals surface area contributed by atoms with Crippen LogP contribution in [0, 0.1) is 12.8 Å². The monoisotopic (exact) mass is 345 g/mol. The van der Waals surface area contributed by atoms with Gasteiger partial charge in [-0.05, 0) is 38.3 Å². The number of carbonyl (C=O) groups excluding carboxylic acids is 3. The predicted octanol–water partition coefficient (Wildman–Crippen LogP) is 1.49. The Balaban J connectivity index is 1.75. The highest BCUT2D eigenvalue weighted by molar-refractivity contribution is 5.96. The topological polar surface area (TPSA) is 78.5 Å². The quantitative estimate of drug-likeness (QED) is 0.820. The molecule has 3 amide bonds. The highest BCUT2D eigenvalue weighted by Gasteiger charge is 2.27. The molecule has 1 aromatic carbocycles. The Morgan fingerprint density at radius 1 is 1.16 bits per heavy atom. The van der Waals surface area contributed by atoms with Crippen LogP contribution in [0.4, 0.5) is 0 Å². The van der Waals surface area contributed by atoms with Crippen molar-refractivity contribution in [2.24, 2.45) is 5.92 Å². The number of likely N-dealkylation sites (tertiary alicyclic amines) is 1. The molecule has 0 aromatic heterocycles. The van der Waals surface area contributed by atoms with Crippen LogP contribution in [0.15, 0.2) is 24.3 Å². The summed E-state index contributed by atoms with van der Waals surface area (Å²) in [5.74, 6) is -0.279. The van der Waals surface area contributed by atoms with Gasteiger partial charge in [0, 0.05) is 31.1 Å². The summed E-state index contributed by atoms with van der Waals surface area (Å²) in [6.45, 7) is 5.74. The molecule has 0 radical (unpaired) electrons. The van der Waals surface area contributed by atoms with Gasteiger partial charge >= 0.3 is 0 Å². The lowest BCUT2D eigenvalue weighted by molar-refractivity contribution is -0.134. The van der Waals surface area contributed by atoms with Gasteiger partial charge in [0.05, 0.1) is 6.54 Å². The van der Waals surface area contributed by atoms with Crippen molar-refractivity contribution in [1.29, 1.82) is 0 Å². The minimum Gasteiger partial charge on any atom is -0.356 e. The third kappa shape index (κ3) is 5.59. The lowest BCUT2D eigenvalue weighted by atomic mass is 9.96. The lowest BCUT2D eigenvalue weighted by Gasteiger charge is -2.31. The lowest BCUT2D eigenvalue weighted by Crippen LogP contribution is -2.46. The third-order valence-corrected chi connectivity index (χ3v) is 4.45. The molecule has 1 saturated heterocycles. The van der Waals surface area contributed by atoms with E-state index in [1.807, 2.05) is 26.0 Å². The fraction of sp³-hybridized carbons (Fsp3) is 0.526. The van der Waals surface area contributed by atoms with E-state index in [2.05, 4.69) is 10.6 Å². The van der Waals surface area contributed by atoms with Crippen molar-refractivity contribution in [1.82, 2.24) is 15.5 Å². The number of aryl methyl sites for hydroxylation is 1. The summed E-state index contributed by atoms with van der Waals surface area (Å²) in [6, 6.07) is 7.26. The first-order chi connectivity index (χ1) is 12.0. The van der Waals surface area contributed by atoms with Crippen LogP contribution < -0.4 is 10.6 Å². The van der Waals surface area contributed by atoms with Gasteiger partial charge in [0.1, 0.15) is 0 Å². The van der Waals surface area contributed by atoms with Crippen LogP contribution in [-0.2, 0) is 9.59 Å². The van der Waals surface area contributed by atoms with Crippen LogP contribution in [0.5, 0.6) is 0 Å². The van der Waals surface area contributed by atoms with Gasteiger partial charge in [0.15, 0.2) is 0 Å². The van der Waals surface area contributed by atoms with Gasteiger partial charge < -0.3 is 15.5 Å². The molecule has 0 saturated carbocycles. The summed E-state index contributed by atoms with van der Waals surface area (Å²) in [6.07, 6.45) is 2.27. The highest BCUT2D eigenvalue weighted by Crippen LogP contribution is 2.17. The van der Waals surface area contributed by atoms with E-state index in [0.29, 0.717) is 38.0 Å². The Morgan fingerprint density at radius 2 is 1.88 bits per heavy atom. The number of nitrogens with one attached hydrogen (secondary N) is 2. The Kier molecular flexibility index (Phi) is 6.98. The number of amides is 3. The number of rotatable bonds is 6. The second-order valence-electron chi connectivity index (χ2n) is 6.50. The molecule has 25 heavy (non-hydrogen) atoms. The number of piperidine rings is 1. The highest BCUT2D eigenvalue weighted by atomic mass is 16.2. The number of hydrogen-bond acceptors (Lipinski definition) is 3. The summed E-state index contributed by atoms with van der Waals surface area (Å²) >= 11 is 0. The van der Waals surface area contributed by atoms with Crippen LogP contribution in [0.25, 0.3) is 0 Å². The molecule has 6 heteroatoms. The van der Waals surface area contributed by atoms with Crippen LogP contribution >= 0.6 is 0 Å². The zero-order valence-electron chi connectivity index (χ0n) is 15.0. The summed E-state index contributed by atoms with van der Waals surface area (Å²) in [7, 11) is 0. The summed E-state index contributed by atoms with van der Waals surface area (Å²) in [4.78, 5) is 38.0. The van der Waals surface area contributed by atoms with E-state index in [1.54, 1.807) is 17.0 Å². The van der Waals surface area contributed by atoms with E-state index in [9.17, 15) is 14.4 Å². The molecule has 0 aliphatic carbocycles. The van der Waals surface area contributed by atoms with Crippen molar-refractivity contribution in [3.8, 4) is 0 Å². The van der Waals surface area contributed by atoms with Crippen LogP contribution in [0.2, 0.25) is 0 Å².